The van der Waals surface area contributed by atoms with Gasteiger partial charge >= 0.3 is 0 Å². The van der Waals surface area contributed by atoms with Crippen LogP contribution in [0.3, 0.4) is 0 Å². The normalized spacial score (nSPS) is 11.6. The lowest BCUT2D eigenvalue weighted by Crippen LogP contribution is -2.28. The van der Waals surface area contributed by atoms with Gasteiger partial charge in [-0.15, -0.1) is 0 Å². The average Bonchev–Trinajstić information content (AvgIpc) is 3.27. The molecule has 0 radical (unpaired) electrons. The number of rotatable bonds is 8. The Labute approximate surface area is 170 Å². The Hall–Kier alpha value is -3.48. The first-order valence-corrected chi connectivity index (χ1v) is 9.22. The van der Waals surface area contributed by atoms with Crippen LogP contribution in [0.2, 0.25) is 0 Å². The zero-order valence-electron chi connectivity index (χ0n) is 17.0. The molecule has 0 saturated carbocycles. The Morgan fingerprint density at radius 1 is 1.07 bits per heavy atom. The molecule has 3 aromatic rings. The number of hydrogen-bond acceptors (Lipinski definition) is 5. The average molecular weight is 395 g/mol. The van der Waals surface area contributed by atoms with Gasteiger partial charge in [-0.05, 0) is 42.3 Å². The Kier molecular flexibility index (Phi) is 6.39. The smallest absolute Gasteiger partial charge is 0.224 e. The van der Waals surface area contributed by atoms with E-state index in [0.29, 0.717) is 17.2 Å². The monoisotopic (exact) mass is 395 g/mol. The number of nitrogens with one attached hydrogen (secondary N) is 1. The molecule has 1 N–H and O–H groups in total. The summed E-state index contributed by atoms with van der Waals surface area (Å²) in [4.78, 5) is 16.6. The van der Waals surface area contributed by atoms with E-state index in [1.165, 1.54) is 0 Å². The van der Waals surface area contributed by atoms with Gasteiger partial charge in [-0.1, -0.05) is 12.1 Å². The fourth-order valence-electron chi connectivity index (χ4n) is 3.15. The highest BCUT2D eigenvalue weighted by molar-refractivity contribution is 5.79. The van der Waals surface area contributed by atoms with Crippen LogP contribution in [0.5, 0.6) is 17.2 Å². The maximum absolute atomic E-state index is 12.6. The number of imidazole rings is 1. The summed E-state index contributed by atoms with van der Waals surface area (Å²) >= 11 is 0. The second-order valence-corrected chi connectivity index (χ2v) is 6.56. The van der Waals surface area contributed by atoms with Gasteiger partial charge in [-0.25, -0.2) is 4.98 Å². The summed E-state index contributed by atoms with van der Waals surface area (Å²) < 4.78 is 17.9. The Morgan fingerprint density at radius 2 is 1.72 bits per heavy atom. The molecule has 0 spiro atoms. The van der Waals surface area contributed by atoms with Crippen molar-refractivity contribution in [3.8, 4) is 22.9 Å². The van der Waals surface area contributed by atoms with Crippen molar-refractivity contribution in [3.63, 3.8) is 0 Å². The van der Waals surface area contributed by atoms with Gasteiger partial charge < -0.3 is 24.1 Å². The maximum atomic E-state index is 12.6. The highest BCUT2D eigenvalue weighted by Gasteiger charge is 2.16. The zero-order chi connectivity index (χ0) is 20.8. The van der Waals surface area contributed by atoms with Crippen molar-refractivity contribution in [2.75, 3.05) is 21.3 Å². The number of aromatic nitrogens is 2. The van der Waals surface area contributed by atoms with Crippen molar-refractivity contribution in [2.45, 2.75) is 19.4 Å². The zero-order valence-corrected chi connectivity index (χ0v) is 17.0. The molecule has 0 aliphatic rings. The van der Waals surface area contributed by atoms with E-state index in [2.05, 4.69) is 10.3 Å². The number of nitrogens with zero attached hydrogens (tertiary/aromatic N) is 2. The molecule has 0 aliphatic heterocycles. The van der Waals surface area contributed by atoms with Gasteiger partial charge in [0.2, 0.25) is 11.7 Å². The molecule has 0 saturated heterocycles. The van der Waals surface area contributed by atoms with Crippen LogP contribution in [-0.2, 0) is 11.2 Å². The van der Waals surface area contributed by atoms with Crippen molar-refractivity contribution in [1.82, 2.24) is 14.9 Å². The third kappa shape index (κ3) is 4.68. The quantitative estimate of drug-likeness (QED) is 0.633. The number of carbonyl (C=O) groups is 1. The lowest BCUT2D eigenvalue weighted by Gasteiger charge is -2.17. The van der Waals surface area contributed by atoms with Gasteiger partial charge in [0.05, 0.1) is 40.1 Å². The SMILES string of the molecule is COc1cc(CC(=O)NC(C)c2ccc(-n3ccnc3)cc2)cc(OC)c1OC. The molecule has 1 heterocycles. The number of ether oxygens (including phenoxy) is 3. The summed E-state index contributed by atoms with van der Waals surface area (Å²) in [6.07, 6.45) is 5.57. The predicted octanol–water partition coefficient (Wildman–Crippen LogP) is 3.32. The molecule has 7 nitrogen and oxygen atoms in total. The minimum atomic E-state index is -0.124. The van der Waals surface area contributed by atoms with E-state index < -0.39 is 0 Å². The van der Waals surface area contributed by atoms with E-state index in [4.69, 9.17) is 14.2 Å². The van der Waals surface area contributed by atoms with Crippen molar-refractivity contribution in [3.05, 3.63) is 66.2 Å². The molecular weight excluding hydrogens is 370 g/mol. The molecule has 1 unspecified atom stereocenters. The topological polar surface area (TPSA) is 74.6 Å². The van der Waals surface area contributed by atoms with Crippen LogP contribution in [0.15, 0.2) is 55.1 Å². The lowest BCUT2D eigenvalue weighted by atomic mass is 10.1. The molecule has 7 heteroatoms. The van der Waals surface area contributed by atoms with E-state index in [9.17, 15) is 4.79 Å². The van der Waals surface area contributed by atoms with E-state index >= 15 is 0 Å². The summed E-state index contributed by atoms with van der Waals surface area (Å²) in [7, 11) is 4.65. The number of carbonyl (C=O) groups excluding carboxylic acids is 1. The second-order valence-electron chi connectivity index (χ2n) is 6.56. The highest BCUT2D eigenvalue weighted by atomic mass is 16.5. The second kappa shape index (κ2) is 9.14. The first kappa shape index (κ1) is 20.3. The van der Waals surface area contributed by atoms with Gasteiger partial charge in [-0.2, -0.15) is 0 Å². The number of methoxy groups -OCH3 is 3. The molecule has 1 atom stereocenters. The number of hydrogen-bond donors (Lipinski definition) is 1. The third-order valence-electron chi connectivity index (χ3n) is 4.66. The van der Waals surface area contributed by atoms with E-state index in [0.717, 1.165) is 16.8 Å². The minimum absolute atomic E-state index is 0.0922. The Bertz CT molecular complexity index is 928. The summed E-state index contributed by atoms with van der Waals surface area (Å²) in [6.45, 7) is 1.96. The van der Waals surface area contributed by atoms with Crippen LogP contribution < -0.4 is 19.5 Å². The molecular formula is C22H25N3O4. The van der Waals surface area contributed by atoms with Gasteiger partial charge in [0.15, 0.2) is 11.5 Å². The third-order valence-corrected chi connectivity index (χ3v) is 4.66. The van der Waals surface area contributed by atoms with Gasteiger partial charge in [0.1, 0.15) is 0 Å². The standard InChI is InChI=1S/C22H25N3O4/c1-15(17-5-7-18(8-6-17)25-10-9-23-14-25)24-21(26)13-16-11-19(27-2)22(29-4)20(12-16)28-3/h5-12,14-15H,13H2,1-4H3,(H,24,26). The minimum Gasteiger partial charge on any atom is -0.493 e. The maximum Gasteiger partial charge on any atom is 0.224 e. The first-order chi connectivity index (χ1) is 14.0. The van der Waals surface area contributed by atoms with Crippen LogP contribution in [-0.4, -0.2) is 36.8 Å². The van der Waals surface area contributed by atoms with Crippen molar-refractivity contribution in [2.24, 2.45) is 0 Å². The summed E-state index contributed by atoms with van der Waals surface area (Å²) in [5, 5.41) is 3.03. The molecule has 152 valence electrons. The molecule has 0 fully saturated rings. The van der Waals surface area contributed by atoms with E-state index in [1.807, 2.05) is 42.0 Å². The van der Waals surface area contributed by atoms with Crippen LogP contribution in [0.1, 0.15) is 24.1 Å². The van der Waals surface area contributed by atoms with Crippen LogP contribution >= 0.6 is 0 Å². The fraction of sp³-hybridized carbons (Fsp3) is 0.273. The molecule has 1 amide bonds. The highest BCUT2D eigenvalue weighted by Crippen LogP contribution is 2.38. The molecule has 0 bridgehead atoms. The molecule has 29 heavy (non-hydrogen) atoms. The first-order valence-electron chi connectivity index (χ1n) is 9.22. The largest absolute Gasteiger partial charge is 0.493 e. The number of amides is 1. The number of benzene rings is 2. The summed E-state index contributed by atoms with van der Waals surface area (Å²) in [6, 6.07) is 11.4. The van der Waals surface area contributed by atoms with Crippen molar-refractivity contribution < 1.29 is 19.0 Å². The Balaban J connectivity index is 1.67. The molecule has 1 aromatic heterocycles. The molecule has 0 aliphatic carbocycles. The predicted molar refractivity (Wildman–Crippen MR) is 110 cm³/mol. The fourth-order valence-corrected chi connectivity index (χ4v) is 3.15. The summed E-state index contributed by atoms with van der Waals surface area (Å²) in [5.74, 6) is 1.46. The molecule has 2 aromatic carbocycles. The Morgan fingerprint density at radius 3 is 2.24 bits per heavy atom. The van der Waals surface area contributed by atoms with E-state index in [1.54, 1.807) is 46.0 Å². The summed E-state index contributed by atoms with van der Waals surface area (Å²) in [5.41, 5.74) is 2.81. The van der Waals surface area contributed by atoms with E-state index in [-0.39, 0.29) is 18.4 Å². The van der Waals surface area contributed by atoms with Crippen LogP contribution in [0, 0.1) is 0 Å². The molecule has 3 rings (SSSR count). The van der Waals surface area contributed by atoms with Crippen molar-refractivity contribution >= 4 is 5.91 Å². The van der Waals surface area contributed by atoms with Gasteiger partial charge in [0, 0.05) is 18.1 Å². The van der Waals surface area contributed by atoms with Gasteiger partial charge in [-0.3, -0.25) is 4.79 Å². The van der Waals surface area contributed by atoms with Crippen LogP contribution in [0.25, 0.3) is 5.69 Å². The van der Waals surface area contributed by atoms with Gasteiger partial charge in [0.25, 0.3) is 0 Å². The van der Waals surface area contributed by atoms with Crippen molar-refractivity contribution in [1.29, 1.82) is 0 Å². The van der Waals surface area contributed by atoms with Crippen LogP contribution in [0.4, 0.5) is 0 Å². The lowest BCUT2D eigenvalue weighted by molar-refractivity contribution is -0.121.